The summed E-state index contributed by atoms with van der Waals surface area (Å²) < 4.78 is 0. The lowest BCUT2D eigenvalue weighted by molar-refractivity contribution is -0.139. The van der Waals surface area contributed by atoms with E-state index in [0.717, 1.165) is 12.8 Å². The largest absolute Gasteiger partial charge is 0.480 e. The maximum absolute atomic E-state index is 11.0. The molecule has 0 radical (unpaired) electrons. The first-order chi connectivity index (χ1) is 27.3. The Bertz CT molecular complexity index is 1100. The van der Waals surface area contributed by atoms with Crippen LogP contribution in [0.15, 0.2) is 0 Å². The number of rotatable bonds is 25. The monoisotopic (exact) mass is 898 g/mol. The smallest absolute Gasteiger partial charge is 0.321 e. The Labute approximate surface area is 354 Å². The van der Waals surface area contributed by atoms with Gasteiger partial charge in [-0.05, 0) is 75.8 Å². The van der Waals surface area contributed by atoms with E-state index in [1.807, 2.05) is 0 Å². The van der Waals surface area contributed by atoms with Gasteiger partial charge in [-0.25, -0.2) is 0 Å². The van der Waals surface area contributed by atoms with Crippen LogP contribution in [0.1, 0.15) is 71.1 Å². The molecule has 0 aliphatic rings. The Hall–Kier alpha value is -3.90. The molecular formula is C32H70N10O15S2. The second-order valence-corrected chi connectivity index (χ2v) is 12.7. The van der Waals surface area contributed by atoms with E-state index in [9.17, 15) is 38.4 Å². The lowest BCUT2D eigenvalue weighted by Crippen LogP contribution is -2.37. The van der Waals surface area contributed by atoms with Gasteiger partial charge in [0.1, 0.15) is 36.3 Å². The number of nitrogens with one attached hydrogen (secondary N) is 2. The van der Waals surface area contributed by atoms with Gasteiger partial charge in [-0.1, -0.05) is 0 Å². The van der Waals surface area contributed by atoms with Crippen molar-refractivity contribution in [3.63, 3.8) is 0 Å². The molecule has 6 unspecified atom stereocenters. The van der Waals surface area contributed by atoms with Gasteiger partial charge in [-0.15, -0.1) is 0 Å². The van der Waals surface area contributed by atoms with E-state index < -0.39 is 72.1 Å². The number of aliphatic hydroxyl groups is 1. The average molecular weight is 899 g/mol. The molecule has 0 aliphatic heterocycles. The van der Waals surface area contributed by atoms with Gasteiger partial charge in [0, 0.05) is 39.6 Å². The first-order valence-corrected chi connectivity index (χ1v) is 19.2. The molecule has 0 heterocycles. The van der Waals surface area contributed by atoms with Crippen LogP contribution < -0.4 is 56.5 Å². The Morgan fingerprint density at radius 1 is 0.492 bits per heavy atom. The van der Waals surface area contributed by atoms with Gasteiger partial charge >= 0.3 is 35.8 Å². The molecule has 0 aromatic carbocycles. The Morgan fingerprint density at radius 3 is 1.05 bits per heavy atom. The summed E-state index contributed by atoms with van der Waals surface area (Å²) in [5.41, 5.74) is 40.5. The van der Waals surface area contributed by atoms with Crippen molar-refractivity contribution in [2.45, 2.75) is 107 Å². The van der Waals surface area contributed by atoms with Crippen molar-refractivity contribution in [3.05, 3.63) is 0 Å². The second-order valence-electron chi connectivity index (χ2n) is 11.8. The highest BCUT2D eigenvalue weighted by molar-refractivity contribution is 7.80. The first-order valence-electron chi connectivity index (χ1n) is 18.0. The van der Waals surface area contributed by atoms with E-state index in [1.165, 1.54) is 6.92 Å². The van der Waals surface area contributed by atoms with E-state index in [2.05, 4.69) is 35.9 Å². The first kappa shape index (κ1) is 66.9. The van der Waals surface area contributed by atoms with Crippen molar-refractivity contribution in [1.82, 2.24) is 10.6 Å². The molecule has 0 rings (SSSR count). The number of thiol groups is 2. The van der Waals surface area contributed by atoms with E-state index in [-0.39, 0.29) is 31.4 Å². The summed E-state index contributed by atoms with van der Waals surface area (Å²) in [5, 5.41) is 62.7. The van der Waals surface area contributed by atoms with Gasteiger partial charge in [0.05, 0.1) is 0 Å². The van der Waals surface area contributed by atoms with E-state index in [0.29, 0.717) is 76.1 Å². The van der Waals surface area contributed by atoms with E-state index >= 15 is 0 Å². The second kappa shape index (κ2) is 46.8. The van der Waals surface area contributed by atoms with Crippen LogP contribution in [0, 0.1) is 0 Å². The third kappa shape index (κ3) is 58.5. The molecule has 350 valence electrons. The fourth-order valence-corrected chi connectivity index (χ4v) is 3.32. The molecular weight excluding hydrogens is 829 g/mol. The van der Waals surface area contributed by atoms with Crippen LogP contribution in [-0.2, 0) is 38.4 Å². The van der Waals surface area contributed by atoms with Crippen LogP contribution in [0.25, 0.3) is 0 Å². The third-order valence-corrected chi connectivity index (χ3v) is 6.92. The van der Waals surface area contributed by atoms with Gasteiger partial charge < -0.3 is 92.2 Å². The van der Waals surface area contributed by atoms with Crippen molar-refractivity contribution >= 4 is 72.9 Å². The predicted molar refractivity (Wildman–Crippen MR) is 224 cm³/mol. The minimum atomic E-state index is -1.07. The van der Waals surface area contributed by atoms with Crippen molar-refractivity contribution in [2.24, 2.45) is 45.9 Å². The summed E-state index contributed by atoms with van der Waals surface area (Å²) in [6.07, 6.45) is 5.13. The van der Waals surface area contributed by atoms with Gasteiger partial charge in [0.25, 0.3) is 0 Å². The number of aliphatic hydroxyl groups excluding tert-OH is 1. The maximum atomic E-state index is 11.0. The maximum Gasteiger partial charge on any atom is 0.321 e. The SMILES string of the molecule is CC(=O)NCCCCC(N)C(=O)O.NC(CCCCNC(=O)CCS)C(=O)O.NC(CCO)C(=O)O.NC(CCS)C(=O)O.NCC(N)C(=O)O.NCCC(N)C(=O)O. The molecule has 2 amide bonds. The van der Waals surface area contributed by atoms with Crippen LogP contribution in [0.5, 0.6) is 0 Å². The summed E-state index contributed by atoms with van der Waals surface area (Å²) in [6.45, 7) is 2.75. The van der Waals surface area contributed by atoms with Crippen molar-refractivity contribution < 1.29 is 74.1 Å². The van der Waals surface area contributed by atoms with Crippen LogP contribution in [0.4, 0.5) is 0 Å². The molecule has 0 fully saturated rings. The Balaban J connectivity index is -0.000000147. The van der Waals surface area contributed by atoms with Crippen molar-refractivity contribution in [2.75, 3.05) is 44.3 Å². The molecule has 0 saturated carbocycles. The minimum absolute atomic E-state index is 0.00463. The highest BCUT2D eigenvalue weighted by atomic mass is 32.1. The molecule has 0 spiro atoms. The highest BCUT2D eigenvalue weighted by Crippen LogP contribution is 1.99. The number of carbonyl (C=O) groups excluding carboxylic acids is 2. The fourth-order valence-electron chi connectivity index (χ4n) is 2.84. The van der Waals surface area contributed by atoms with E-state index in [1.54, 1.807) is 0 Å². The number of carboxylic acid groups (broad SMARTS) is 6. The zero-order valence-electron chi connectivity index (χ0n) is 33.4. The lowest BCUT2D eigenvalue weighted by Gasteiger charge is -2.06. The molecule has 0 aromatic rings. The number of amides is 2. The van der Waals surface area contributed by atoms with Crippen LogP contribution in [0.2, 0.25) is 0 Å². The third-order valence-electron chi connectivity index (χ3n) is 6.43. The van der Waals surface area contributed by atoms with Gasteiger partial charge in [0.15, 0.2) is 0 Å². The Kier molecular flexibility index (Phi) is 53.0. The zero-order valence-corrected chi connectivity index (χ0v) is 35.2. The summed E-state index contributed by atoms with van der Waals surface area (Å²) >= 11 is 7.74. The summed E-state index contributed by atoms with van der Waals surface area (Å²) in [7, 11) is 0. The standard InChI is InChI=1S/C9H18N2O3S.C8H16N2O3.C4H10N2O2.C4H9NO3.C4H9NO2S.C3H8N2O2/c10-7(9(13)14)3-1-2-5-11-8(12)4-6-15;1-6(11)10-5-3-2-4-7(9)8(12)13;5-2-1-3(6)4(7)8;5-3(1-2-6)4(7)8;5-3(1-2-8)4(6)7;4-1-2(5)3(6)7/h7,15H,1-6,10H2,(H,11,12)(H,13,14);7H,2-5,9H2,1H3,(H,10,11)(H,12,13);3H,1-2,5-6H2,(H,7,8);3,6H,1-2,5H2,(H,7,8);3,8H,1-2,5H2,(H,6,7);2H,1,4-5H2,(H,6,7). The molecule has 6 atom stereocenters. The van der Waals surface area contributed by atoms with Gasteiger partial charge in [-0.2, -0.15) is 25.3 Å². The summed E-state index contributed by atoms with van der Waals surface area (Å²) in [4.78, 5) is 81.4. The molecule has 0 aliphatic carbocycles. The predicted octanol–water partition coefficient (Wildman–Crippen LogP) is -4.69. The quantitative estimate of drug-likeness (QED) is 0.0302. The number of hydrogen-bond acceptors (Lipinski definition) is 19. The van der Waals surface area contributed by atoms with Crippen molar-refractivity contribution in [3.8, 4) is 0 Å². The average Bonchev–Trinajstić information content (AvgIpc) is 3.15. The zero-order chi connectivity index (χ0) is 47.5. The topological polar surface area (TPSA) is 510 Å². The Morgan fingerprint density at radius 2 is 0.831 bits per heavy atom. The fraction of sp³-hybridized carbons (Fsp3) is 0.750. The number of carbonyl (C=O) groups is 8. The van der Waals surface area contributed by atoms with Gasteiger partial charge in [-0.3, -0.25) is 38.4 Å². The molecule has 25 N–H and O–H groups in total. The molecule has 0 saturated heterocycles. The highest BCUT2D eigenvalue weighted by Gasteiger charge is 2.12. The number of nitrogens with two attached hydrogens (primary N) is 8. The molecule has 25 nitrogen and oxygen atoms in total. The van der Waals surface area contributed by atoms with Gasteiger partial charge in [0.2, 0.25) is 11.8 Å². The molecule has 0 bridgehead atoms. The van der Waals surface area contributed by atoms with E-state index in [4.69, 9.17) is 81.6 Å². The van der Waals surface area contributed by atoms with Crippen LogP contribution in [-0.4, -0.2) is 164 Å². The van der Waals surface area contributed by atoms with Crippen LogP contribution in [0.3, 0.4) is 0 Å². The molecule has 59 heavy (non-hydrogen) atoms. The molecule has 27 heteroatoms. The normalized spacial score (nSPS) is 12.7. The lowest BCUT2D eigenvalue weighted by atomic mass is 10.1. The molecule has 0 aromatic heterocycles. The number of carboxylic acids is 6. The summed E-state index contributed by atoms with van der Waals surface area (Å²) in [6, 6.07) is -4.93. The minimum Gasteiger partial charge on any atom is -0.480 e. The number of hydrogen-bond donors (Lipinski definition) is 19. The number of aliphatic carboxylic acids is 6. The summed E-state index contributed by atoms with van der Waals surface area (Å²) in [5.74, 6) is -5.05. The van der Waals surface area contributed by atoms with Crippen LogP contribution >= 0.6 is 25.3 Å². The number of unbranched alkanes of at least 4 members (excludes halogenated alkanes) is 2. The van der Waals surface area contributed by atoms with Crippen molar-refractivity contribution in [1.29, 1.82) is 0 Å².